The summed E-state index contributed by atoms with van der Waals surface area (Å²) in [6.07, 6.45) is 0. The Bertz CT molecular complexity index is 1010. The Hall–Kier alpha value is -3.40. The van der Waals surface area contributed by atoms with Crippen molar-refractivity contribution in [1.29, 1.82) is 0 Å². The van der Waals surface area contributed by atoms with Gasteiger partial charge in [-0.25, -0.2) is 0 Å². The van der Waals surface area contributed by atoms with Gasteiger partial charge in [0.1, 0.15) is 5.75 Å². The monoisotopic (exact) mass is 329 g/mol. The summed E-state index contributed by atoms with van der Waals surface area (Å²) in [6.45, 7) is 0. The SMILES string of the molecule is COc1ccccc1NC(=O)c1ccc2c(c1)-c1ccccc1C2=O. The van der Waals surface area contributed by atoms with Crippen molar-refractivity contribution in [2.45, 2.75) is 0 Å². The van der Waals surface area contributed by atoms with Crippen LogP contribution in [0.3, 0.4) is 0 Å². The zero-order valence-corrected chi connectivity index (χ0v) is 13.6. The summed E-state index contributed by atoms with van der Waals surface area (Å²) in [7, 11) is 1.56. The summed E-state index contributed by atoms with van der Waals surface area (Å²) in [6, 6.07) is 19.8. The Kier molecular flexibility index (Phi) is 3.58. The first kappa shape index (κ1) is 15.1. The number of rotatable bonds is 3. The fourth-order valence-corrected chi connectivity index (χ4v) is 3.11. The van der Waals surface area contributed by atoms with Crippen LogP contribution in [0.2, 0.25) is 0 Å². The zero-order chi connectivity index (χ0) is 17.4. The number of ether oxygens (including phenoxy) is 1. The number of anilines is 1. The van der Waals surface area contributed by atoms with Crippen molar-refractivity contribution in [2.75, 3.05) is 12.4 Å². The normalized spacial score (nSPS) is 11.6. The van der Waals surface area contributed by atoms with E-state index in [1.165, 1.54) is 0 Å². The standard InChI is InChI=1S/C21H15NO3/c1-25-19-9-5-4-8-18(19)22-21(24)13-10-11-16-17(12-13)14-6-2-3-7-15(14)20(16)23/h2-12H,1H3,(H,22,24). The zero-order valence-electron chi connectivity index (χ0n) is 13.6. The highest BCUT2D eigenvalue weighted by molar-refractivity contribution is 6.22. The molecule has 0 saturated carbocycles. The molecule has 0 atom stereocenters. The molecule has 0 fully saturated rings. The summed E-state index contributed by atoms with van der Waals surface area (Å²) < 4.78 is 5.26. The summed E-state index contributed by atoms with van der Waals surface area (Å²) in [5.41, 5.74) is 4.08. The largest absolute Gasteiger partial charge is 0.495 e. The molecular formula is C21H15NO3. The number of methoxy groups -OCH3 is 1. The first-order valence-corrected chi connectivity index (χ1v) is 7.91. The molecule has 25 heavy (non-hydrogen) atoms. The average molecular weight is 329 g/mol. The molecule has 4 rings (SSSR count). The van der Waals surface area contributed by atoms with Crippen LogP contribution in [0.15, 0.2) is 66.7 Å². The lowest BCUT2D eigenvalue weighted by molar-refractivity contribution is 0.102. The van der Waals surface area contributed by atoms with Crippen LogP contribution in [0.4, 0.5) is 5.69 Å². The van der Waals surface area contributed by atoms with Gasteiger partial charge < -0.3 is 10.1 Å². The van der Waals surface area contributed by atoms with Crippen LogP contribution in [0, 0.1) is 0 Å². The van der Waals surface area contributed by atoms with E-state index in [1.54, 1.807) is 37.4 Å². The molecular weight excluding hydrogens is 314 g/mol. The molecule has 0 radical (unpaired) electrons. The molecule has 1 aliphatic rings. The molecule has 4 nitrogen and oxygen atoms in total. The second kappa shape index (κ2) is 5.91. The molecule has 0 spiro atoms. The fourth-order valence-electron chi connectivity index (χ4n) is 3.11. The van der Waals surface area contributed by atoms with Crippen molar-refractivity contribution in [3.05, 3.63) is 83.4 Å². The molecule has 0 bridgehead atoms. The van der Waals surface area contributed by atoms with Crippen molar-refractivity contribution in [1.82, 2.24) is 0 Å². The maximum Gasteiger partial charge on any atom is 0.255 e. The molecule has 1 amide bonds. The van der Waals surface area contributed by atoms with Crippen molar-refractivity contribution < 1.29 is 14.3 Å². The number of carbonyl (C=O) groups excluding carboxylic acids is 2. The summed E-state index contributed by atoms with van der Waals surface area (Å²) in [5, 5.41) is 2.86. The number of benzene rings is 3. The molecule has 0 saturated heterocycles. The topological polar surface area (TPSA) is 55.4 Å². The number of para-hydroxylation sites is 2. The van der Waals surface area contributed by atoms with Gasteiger partial charge in [0.15, 0.2) is 5.78 Å². The highest BCUT2D eigenvalue weighted by Gasteiger charge is 2.27. The van der Waals surface area contributed by atoms with Crippen LogP contribution in [0.5, 0.6) is 5.75 Å². The fraction of sp³-hybridized carbons (Fsp3) is 0.0476. The van der Waals surface area contributed by atoms with Crippen molar-refractivity contribution in [2.24, 2.45) is 0 Å². The Balaban J connectivity index is 1.70. The highest BCUT2D eigenvalue weighted by Crippen LogP contribution is 2.37. The van der Waals surface area contributed by atoms with Crippen molar-refractivity contribution >= 4 is 17.4 Å². The van der Waals surface area contributed by atoms with Gasteiger partial charge in [-0.3, -0.25) is 9.59 Å². The Morgan fingerprint density at radius 3 is 2.32 bits per heavy atom. The maximum atomic E-state index is 12.6. The van der Waals surface area contributed by atoms with Gasteiger partial charge in [-0.15, -0.1) is 0 Å². The maximum absolute atomic E-state index is 12.6. The number of hydrogen-bond acceptors (Lipinski definition) is 3. The number of fused-ring (bicyclic) bond motifs is 3. The smallest absolute Gasteiger partial charge is 0.255 e. The predicted molar refractivity (Wildman–Crippen MR) is 96.3 cm³/mol. The van der Waals surface area contributed by atoms with Gasteiger partial charge in [-0.2, -0.15) is 0 Å². The number of amides is 1. The first-order chi connectivity index (χ1) is 12.2. The van der Waals surface area contributed by atoms with E-state index in [9.17, 15) is 9.59 Å². The summed E-state index contributed by atoms with van der Waals surface area (Å²) in [5.74, 6) is 0.351. The van der Waals surface area contributed by atoms with E-state index < -0.39 is 0 Å². The van der Waals surface area contributed by atoms with Crippen LogP contribution < -0.4 is 10.1 Å². The molecule has 3 aromatic rings. The Labute approximate surface area is 145 Å². The minimum absolute atomic E-state index is 0.00212. The summed E-state index contributed by atoms with van der Waals surface area (Å²) in [4.78, 5) is 25.1. The molecule has 3 aromatic carbocycles. The van der Waals surface area contributed by atoms with Crippen LogP contribution in [-0.2, 0) is 0 Å². The molecule has 1 aliphatic carbocycles. The lowest BCUT2D eigenvalue weighted by Crippen LogP contribution is -2.13. The second-order valence-electron chi connectivity index (χ2n) is 5.79. The first-order valence-electron chi connectivity index (χ1n) is 7.91. The van der Waals surface area contributed by atoms with Gasteiger partial charge >= 0.3 is 0 Å². The predicted octanol–water partition coefficient (Wildman–Crippen LogP) is 4.16. The lowest BCUT2D eigenvalue weighted by atomic mass is 10.0. The van der Waals surface area contributed by atoms with Gasteiger partial charge in [0.05, 0.1) is 12.8 Å². The third-order valence-electron chi connectivity index (χ3n) is 4.34. The minimum Gasteiger partial charge on any atom is -0.495 e. The van der Waals surface area contributed by atoms with E-state index in [0.29, 0.717) is 28.1 Å². The van der Waals surface area contributed by atoms with E-state index in [0.717, 1.165) is 11.1 Å². The number of nitrogens with one attached hydrogen (secondary N) is 1. The van der Waals surface area contributed by atoms with E-state index in [1.807, 2.05) is 36.4 Å². The number of hydrogen-bond donors (Lipinski definition) is 1. The van der Waals surface area contributed by atoms with E-state index in [-0.39, 0.29) is 11.7 Å². The van der Waals surface area contributed by atoms with Gasteiger partial charge in [0.25, 0.3) is 5.91 Å². The molecule has 1 N–H and O–H groups in total. The molecule has 4 heteroatoms. The van der Waals surface area contributed by atoms with Crippen LogP contribution >= 0.6 is 0 Å². The highest BCUT2D eigenvalue weighted by atomic mass is 16.5. The second-order valence-corrected chi connectivity index (χ2v) is 5.79. The molecule has 0 heterocycles. The quantitative estimate of drug-likeness (QED) is 0.614. The van der Waals surface area contributed by atoms with E-state index in [2.05, 4.69) is 5.32 Å². The number of carbonyl (C=O) groups is 2. The Morgan fingerprint density at radius 2 is 1.52 bits per heavy atom. The molecule has 0 aliphatic heterocycles. The third-order valence-corrected chi connectivity index (χ3v) is 4.34. The van der Waals surface area contributed by atoms with Crippen molar-refractivity contribution in [3.8, 4) is 16.9 Å². The number of ketones is 1. The van der Waals surface area contributed by atoms with Crippen LogP contribution in [0.25, 0.3) is 11.1 Å². The molecule has 0 unspecified atom stereocenters. The van der Waals surface area contributed by atoms with Gasteiger partial charge in [-0.05, 0) is 41.5 Å². The van der Waals surface area contributed by atoms with E-state index in [4.69, 9.17) is 4.74 Å². The molecule has 0 aromatic heterocycles. The lowest BCUT2D eigenvalue weighted by Gasteiger charge is -2.10. The van der Waals surface area contributed by atoms with Crippen molar-refractivity contribution in [3.63, 3.8) is 0 Å². The minimum atomic E-state index is -0.246. The average Bonchev–Trinajstić information content (AvgIpc) is 2.94. The Morgan fingerprint density at radius 1 is 0.840 bits per heavy atom. The molecule has 122 valence electrons. The third kappa shape index (κ3) is 2.48. The van der Waals surface area contributed by atoms with Gasteiger partial charge in [0, 0.05) is 16.7 Å². The summed E-state index contributed by atoms with van der Waals surface area (Å²) >= 11 is 0. The van der Waals surface area contributed by atoms with Crippen LogP contribution in [0.1, 0.15) is 26.3 Å². The van der Waals surface area contributed by atoms with Gasteiger partial charge in [0.2, 0.25) is 0 Å². The van der Waals surface area contributed by atoms with Gasteiger partial charge in [-0.1, -0.05) is 36.4 Å². The van der Waals surface area contributed by atoms with Crippen LogP contribution in [-0.4, -0.2) is 18.8 Å². The van der Waals surface area contributed by atoms with E-state index >= 15 is 0 Å².